The second-order valence-corrected chi connectivity index (χ2v) is 3.40. The van der Waals surface area contributed by atoms with Crippen molar-refractivity contribution in [2.24, 2.45) is 0 Å². The Hall–Kier alpha value is -1.26. The van der Waals surface area contributed by atoms with Crippen molar-refractivity contribution < 1.29 is 4.39 Å². The van der Waals surface area contributed by atoms with Crippen molar-refractivity contribution in [3.63, 3.8) is 0 Å². The van der Waals surface area contributed by atoms with Gasteiger partial charge in [-0.3, -0.25) is 0 Å². The van der Waals surface area contributed by atoms with Gasteiger partial charge in [-0.1, -0.05) is 11.6 Å². The van der Waals surface area contributed by atoms with E-state index in [4.69, 9.17) is 23.2 Å². The molecule has 6 heteroatoms. The fourth-order valence-electron chi connectivity index (χ4n) is 1.09. The molecule has 2 rings (SSSR count). The van der Waals surface area contributed by atoms with E-state index in [1.54, 1.807) is 6.07 Å². The van der Waals surface area contributed by atoms with Crippen molar-refractivity contribution in [2.45, 2.75) is 0 Å². The summed E-state index contributed by atoms with van der Waals surface area (Å²) in [6.45, 7) is 0. The van der Waals surface area contributed by atoms with Crippen LogP contribution < -0.4 is 0 Å². The minimum atomic E-state index is -0.482. The highest BCUT2D eigenvalue weighted by molar-refractivity contribution is 6.32. The molecule has 3 nitrogen and oxygen atoms in total. The Balaban J connectivity index is 2.58. The molecular formula is C9H4Cl2FN3. The first kappa shape index (κ1) is 10.3. The minimum Gasteiger partial charge on any atom is -0.241 e. The van der Waals surface area contributed by atoms with Gasteiger partial charge in [0, 0.05) is 11.8 Å². The molecule has 0 bridgehead atoms. The molecule has 0 aromatic carbocycles. The molecule has 0 radical (unpaired) electrons. The van der Waals surface area contributed by atoms with Crippen LogP contribution in [0, 0.1) is 5.82 Å². The van der Waals surface area contributed by atoms with Gasteiger partial charge in [0.2, 0.25) is 5.28 Å². The zero-order chi connectivity index (χ0) is 10.8. The van der Waals surface area contributed by atoms with Crippen LogP contribution >= 0.6 is 23.2 Å². The van der Waals surface area contributed by atoms with Gasteiger partial charge in [0.15, 0.2) is 0 Å². The Morgan fingerprint density at radius 2 is 2.00 bits per heavy atom. The number of aromatic nitrogens is 3. The smallest absolute Gasteiger partial charge is 0.222 e. The molecule has 2 aromatic heterocycles. The van der Waals surface area contributed by atoms with Gasteiger partial charge >= 0.3 is 0 Å². The van der Waals surface area contributed by atoms with Crippen molar-refractivity contribution in [1.29, 1.82) is 0 Å². The molecule has 2 heterocycles. The third-order valence-corrected chi connectivity index (χ3v) is 2.19. The summed E-state index contributed by atoms with van der Waals surface area (Å²) in [5.41, 5.74) is 0.827. The summed E-state index contributed by atoms with van der Waals surface area (Å²) in [5, 5.41) is 0.249. The van der Waals surface area contributed by atoms with Gasteiger partial charge in [-0.25, -0.2) is 19.3 Å². The van der Waals surface area contributed by atoms with Gasteiger partial charge in [-0.15, -0.1) is 0 Å². The highest BCUT2D eigenvalue weighted by Gasteiger charge is 2.08. The lowest BCUT2D eigenvalue weighted by Crippen LogP contribution is -1.90. The summed E-state index contributed by atoms with van der Waals surface area (Å²) >= 11 is 11.4. The lowest BCUT2D eigenvalue weighted by molar-refractivity contribution is 0.622. The van der Waals surface area contributed by atoms with E-state index in [1.807, 2.05) is 0 Å². The van der Waals surface area contributed by atoms with E-state index in [0.29, 0.717) is 11.3 Å². The number of rotatable bonds is 1. The molecule has 0 fully saturated rings. The third kappa shape index (κ3) is 2.22. The van der Waals surface area contributed by atoms with Crippen LogP contribution in [0.15, 0.2) is 24.5 Å². The van der Waals surface area contributed by atoms with Crippen molar-refractivity contribution in [3.05, 3.63) is 40.8 Å². The lowest BCUT2D eigenvalue weighted by Gasteiger charge is -2.02. The Kier molecular flexibility index (Phi) is 2.79. The van der Waals surface area contributed by atoms with Gasteiger partial charge in [0.25, 0.3) is 0 Å². The Morgan fingerprint density at radius 1 is 1.20 bits per heavy atom. The molecule has 0 N–H and O–H groups in total. The normalized spacial score (nSPS) is 10.3. The summed E-state index contributed by atoms with van der Waals surface area (Å²) in [6.07, 6.45) is 2.50. The van der Waals surface area contributed by atoms with Crippen LogP contribution in [0.2, 0.25) is 10.4 Å². The van der Waals surface area contributed by atoms with E-state index in [0.717, 1.165) is 6.20 Å². The van der Waals surface area contributed by atoms with Crippen LogP contribution in [-0.2, 0) is 0 Å². The van der Waals surface area contributed by atoms with Crippen LogP contribution in [0.4, 0.5) is 4.39 Å². The van der Waals surface area contributed by atoms with Crippen LogP contribution in [0.3, 0.4) is 0 Å². The molecule has 0 saturated heterocycles. The van der Waals surface area contributed by atoms with E-state index in [-0.39, 0.29) is 10.4 Å². The van der Waals surface area contributed by atoms with Crippen molar-refractivity contribution in [3.8, 4) is 11.3 Å². The molecule has 2 aromatic rings. The summed E-state index contributed by atoms with van der Waals surface area (Å²) in [4.78, 5) is 11.3. The molecule has 15 heavy (non-hydrogen) atoms. The topological polar surface area (TPSA) is 38.7 Å². The maximum absolute atomic E-state index is 12.9. The molecule has 0 amide bonds. The van der Waals surface area contributed by atoms with E-state index < -0.39 is 5.82 Å². The lowest BCUT2D eigenvalue weighted by atomic mass is 10.2. The maximum Gasteiger partial charge on any atom is 0.222 e. The zero-order valence-corrected chi connectivity index (χ0v) is 8.80. The third-order valence-electron chi connectivity index (χ3n) is 1.71. The largest absolute Gasteiger partial charge is 0.241 e. The van der Waals surface area contributed by atoms with E-state index >= 15 is 0 Å². The molecule has 0 aliphatic rings. The predicted octanol–water partition coefficient (Wildman–Crippen LogP) is 2.98. The van der Waals surface area contributed by atoms with Gasteiger partial charge < -0.3 is 0 Å². The van der Waals surface area contributed by atoms with Gasteiger partial charge in [0.1, 0.15) is 11.0 Å². The molecular weight excluding hydrogens is 240 g/mol. The average molecular weight is 244 g/mol. The average Bonchev–Trinajstić information content (AvgIpc) is 2.22. The molecule has 0 saturated carbocycles. The van der Waals surface area contributed by atoms with Crippen molar-refractivity contribution in [1.82, 2.24) is 15.0 Å². The van der Waals surface area contributed by atoms with E-state index in [9.17, 15) is 4.39 Å². The minimum absolute atomic E-state index is 0.0767. The first-order valence-corrected chi connectivity index (χ1v) is 4.72. The van der Waals surface area contributed by atoms with Crippen LogP contribution in [-0.4, -0.2) is 15.0 Å². The number of halogens is 3. The summed E-state index contributed by atoms with van der Waals surface area (Å²) in [6, 6.07) is 2.82. The summed E-state index contributed by atoms with van der Waals surface area (Å²) < 4.78 is 12.9. The first-order valence-electron chi connectivity index (χ1n) is 3.97. The summed E-state index contributed by atoms with van der Waals surface area (Å²) in [7, 11) is 0. The highest BCUT2D eigenvalue weighted by Crippen LogP contribution is 2.25. The second kappa shape index (κ2) is 4.08. The molecule has 76 valence electrons. The second-order valence-electron chi connectivity index (χ2n) is 2.70. The Labute approximate surface area is 94.9 Å². The number of hydrogen-bond donors (Lipinski definition) is 0. The molecule has 0 unspecified atom stereocenters. The number of hydrogen-bond acceptors (Lipinski definition) is 3. The Bertz CT molecular complexity index is 504. The monoisotopic (exact) mass is 243 g/mol. The fraction of sp³-hybridized carbons (Fsp3) is 0. The molecule has 0 aliphatic carbocycles. The maximum atomic E-state index is 12.9. The van der Waals surface area contributed by atoms with Crippen LogP contribution in [0.5, 0.6) is 0 Å². The van der Waals surface area contributed by atoms with Crippen LogP contribution in [0.1, 0.15) is 0 Å². The zero-order valence-electron chi connectivity index (χ0n) is 7.28. The predicted molar refractivity (Wildman–Crippen MR) is 55.2 cm³/mol. The van der Waals surface area contributed by atoms with Gasteiger partial charge in [0.05, 0.1) is 11.9 Å². The van der Waals surface area contributed by atoms with Crippen LogP contribution in [0.25, 0.3) is 11.3 Å². The van der Waals surface area contributed by atoms with Crippen molar-refractivity contribution in [2.75, 3.05) is 0 Å². The standard InChI is InChI=1S/C9H4Cl2FN3/c10-8-6(3-5(12)4-14-8)7-1-2-13-9(11)15-7/h1-4H. The van der Waals surface area contributed by atoms with E-state index in [1.165, 1.54) is 12.3 Å². The fourth-order valence-corrected chi connectivity index (χ4v) is 1.43. The van der Waals surface area contributed by atoms with Gasteiger partial charge in [-0.2, -0.15) is 0 Å². The molecule has 0 spiro atoms. The number of pyridine rings is 1. The highest BCUT2D eigenvalue weighted by atomic mass is 35.5. The molecule has 0 aliphatic heterocycles. The summed E-state index contributed by atoms with van der Waals surface area (Å²) in [5.74, 6) is -0.482. The Morgan fingerprint density at radius 3 is 2.73 bits per heavy atom. The first-order chi connectivity index (χ1) is 7.16. The quantitative estimate of drug-likeness (QED) is 0.571. The van der Waals surface area contributed by atoms with Gasteiger partial charge in [-0.05, 0) is 23.7 Å². The number of nitrogens with zero attached hydrogens (tertiary/aromatic N) is 3. The van der Waals surface area contributed by atoms with Crippen molar-refractivity contribution >= 4 is 23.2 Å². The molecule has 0 atom stereocenters. The van der Waals surface area contributed by atoms with E-state index in [2.05, 4.69) is 15.0 Å². The SMILES string of the molecule is Fc1cnc(Cl)c(-c2ccnc(Cl)n2)c1.